The van der Waals surface area contributed by atoms with Gasteiger partial charge in [0.1, 0.15) is 5.75 Å². The number of likely N-dealkylation sites (tertiary alicyclic amines) is 1. The van der Waals surface area contributed by atoms with E-state index in [0.29, 0.717) is 17.3 Å². The van der Waals surface area contributed by atoms with Gasteiger partial charge >= 0.3 is 5.97 Å². The molecule has 104 valence electrons. The van der Waals surface area contributed by atoms with Crippen molar-refractivity contribution in [2.24, 2.45) is 5.92 Å². The molecule has 2 rings (SSSR count). The number of hydrogen-bond donors (Lipinski definition) is 0. The molecule has 4 nitrogen and oxygen atoms in total. The summed E-state index contributed by atoms with van der Waals surface area (Å²) in [5.41, 5.74) is 0.945. The molecule has 1 aromatic carbocycles. The Morgan fingerprint density at radius 3 is 2.74 bits per heavy atom. The third-order valence-electron chi connectivity index (χ3n) is 3.62. The van der Waals surface area contributed by atoms with Gasteiger partial charge in [-0.25, -0.2) is 0 Å². The van der Waals surface area contributed by atoms with Gasteiger partial charge in [0.25, 0.3) is 0 Å². The average Bonchev–Trinajstić information content (AvgIpc) is 2.80. The smallest absolute Gasteiger partial charge is 0.310 e. The first kappa shape index (κ1) is 14.2. The molecule has 0 aliphatic carbocycles. The number of carbonyl (C=O) groups excluding carboxylic acids is 1. The average molecular weight is 284 g/mol. The van der Waals surface area contributed by atoms with Gasteiger partial charge in [-0.15, -0.1) is 0 Å². The number of hydrogen-bond acceptors (Lipinski definition) is 4. The van der Waals surface area contributed by atoms with E-state index in [-0.39, 0.29) is 17.8 Å². The molecular weight excluding hydrogens is 266 g/mol. The molecular formula is C14H18ClNO3. The molecule has 1 aromatic rings. The van der Waals surface area contributed by atoms with Crippen molar-refractivity contribution >= 4 is 17.6 Å². The Bertz CT molecular complexity index is 478. The molecule has 1 heterocycles. The van der Waals surface area contributed by atoms with Crippen molar-refractivity contribution in [3.8, 4) is 5.75 Å². The predicted molar refractivity (Wildman–Crippen MR) is 73.7 cm³/mol. The number of ether oxygens (including phenoxy) is 2. The first-order chi connectivity index (χ1) is 9.08. The summed E-state index contributed by atoms with van der Waals surface area (Å²) in [5, 5.41) is 0.583. The molecule has 1 aliphatic heterocycles. The highest BCUT2D eigenvalue weighted by Gasteiger charge is 2.39. The lowest BCUT2D eigenvalue weighted by Gasteiger charge is -2.19. The second-order valence-corrected chi connectivity index (χ2v) is 5.20. The van der Waals surface area contributed by atoms with Crippen molar-refractivity contribution in [3.63, 3.8) is 0 Å². The number of benzene rings is 1. The van der Waals surface area contributed by atoms with E-state index in [9.17, 15) is 4.79 Å². The fourth-order valence-electron chi connectivity index (χ4n) is 2.68. The summed E-state index contributed by atoms with van der Waals surface area (Å²) in [6.07, 6.45) is 0. The predicted octanol–water partition coefficient (Wildman–Crippen LogP) is 2.17. The van der Waals surface area contributed by atoms with Crippen LogP contribution in [0.2, 0.25) is 5.02 Å². The van der Waals surface area contributed by atoms with Gasteiger partial charge in [-0.3, -0.25) is 4.79 Å². The lowest BCUT2D eigenvalue weighted by atomic mass is 9.89. The van der Waals surface area contributed by atoms with E-state index >= 15 is 0 Å². The fraction of sp³-hybridized carbons (Fsp3) is 0.500. The van der Waals surface area contributed by atoms with Crippen LogP contribution in [0.5, 0.6) is 5.75 Å². The van der Waals surface area contributed by atoms with Crippen molar-refractivity contribution in [3.05, 3.63) is 28.8 Å². The molecule has 0 amide bonds. The van der Waals surface area contributed by atoms with Crippen LogP contribution in [-0.2, 0) is 9.53 Å². The van der Waals surface area contributed by atoms with Crippen LogP contribution in [0.1, 0.15) is 11.5 Å². The van der Waals surface area contributed by atoms with Crippen LogP contribution in [0, 0.1) is 5.92 Å². The van der Waals surface area contributed by atoms with Gasteiger partial charge in [0, 0.05) is 19.0 Å². The maximum absolute atomic E-state index is 11.9. The Kier molecular flexibility index (Phi) is 4.32. The second kappa shape index (κ2) is 5.80. The third-order valence-corrected chi connectivity index (χ3v) is 4.02. The van der Waals surface area contributed by atoms with Crippen LogP contribution in [0.15, 0.2) is 18.2 Å². The number of rotatable bonds is 3. The molecule has 0 radical (unpaired) electrons. The van der Waals surface area contributed by atoms with Crippen LogP contribution in [0.3, 0.4) is 0 Å². The molecule has 0 bridgehead atoms. The van der Waals surface area contributed by atoms with Crippen molar-refractivity contribution in [1.29, 1.82) is 0 Å². The Morgan fingerprint density at radius 2 is 2.11 bits per heavy atom. The Morgan fingerprint density at radius 1 is 1.37 bits per heavy atom. The Hall–Kier alpha value is -1.26. The zero-order valence-corrected chi connectivity index (χ0v) is 12.1. The van der Waals surface area contributed by atoms with Gasteiger partial charge in [-0.2, -0.15) is 0 Å². The van der Waals surface area contributed by atoms with Gasteiger partial charge < -0.3 is 14.4 Å². The van der Waals surface area contributed by atoms with Crippen molar-refractivity contribution in [2.75, 3.05) is 34.4 Å². The minimum absolute atomic E-state index is 0.0417. The summed E-state index contributed by atoms with van der Waals surface area (Å²) in [6, 6.07) is 5.66. The molecule has 0 N–H and O–H groups in total. The Labute approximate surface area is 118 Å². The number of halogens is 1. The number of carbonyl (C=O) groups is 1. The monoisotopic (exact) mass is 283 g/mol. The van der Waals surface area contributed by atoms with Crippen LogP contribution in [0.25, 0.3) is 0 Å². The van der Waals surface area contributed by atoms with E-state index in [1.54, 1.807) is 7.11 Å². The maximum atomic E-state index is 11.9. The molecule has 2 unspecified atom stereocenters. The molecule has 1 saturated heterocycles. The SMILES string of the molecule is COC(=O)C1CN(C)CC1c1cccc(OC)c1Cl. The summed E-state index contributed by atoms with van der Waals surface area (Å²) in [5.74, 6) is 0.310. The third kappa shape index (κ3) is 2.69. The van der Waals surface area contributed by atoms with Crippen LogP contribution in [-0.4, -0.2) is 45.2 Å². The first-order valence-electron chi connectivity index (χ1n) is 6.17. The normalized spacial score (nSPS) is 23.4. The molecule has 5 heteroatoms. The van der Waals surface area contributed by atoms with Crippen molar-refractivity contribution in [2.45, 2.75) is 5.92 Å². The van der Waals surface area contributed by atoms with Gasteiger partial charge in [0.15, 0.2) is 0 Å². The molecule has 1 aliphatic rings. The zero-order chi connectivity index (χ0) is 14.0. The molecule has 1 fully saturated rings. The number of methoxy groups -OCH3 is 2. The summed E-state index contributed by atoms with van der Waals surface area (Å²) in [7, 11) is 5.00. The minimum atomic E-state index is -0.187. The van der Waals surface area contributed by atoms with Crippen molar-refractivity contribution < 1.29 is 14.3 Å². The molecule has 19 heavy (non-hydrogen) atoms. The number of esters is 1. The Balaban J connectivity index is 2.36. The van der Waals surface area contributed by atoms with Gasteiger partial charge in [-0.05, 0) is 18.7 Å². The van der Waals surface area contributed by atoms with Crippen LogP contribution >= 0.6 is 11.6 Å². The lowest BCUT2D eigenvalue weighted by molar-refractivity contribution is -0.145. The number of likely N-dealkylation sites (N-methyl/N-ethyl adjacent to an activating group) is 1. The topological polar surface area (TPSA) is 38.8 Å². The van der Waals surface area contributed by atoms with Gasteiger partial charge in [0.2, 0.25) is 0 Å². The summed E-state index contributed by atoms with van der Waals surface area (Å²) >= 11 is 6.35. The minimum Gasteiger partial charge on any atom is -0.495 e. The highest BCUT2D eigenvalue weighted by Crippen LogP contribution is 2.39. The highest BCUT2D eigenvalue weighted by atomic mass is 35.5. The zero-order valence-electron chi connectivity index (χ0n) is 11.4. The van der Waals surface area contributed by atoms with Gasteiger partial charge in [-0.1, -0.05) is 23.7 Å². The fourth-order valence-corrected chi connectivity index (χ4v) is 3.02. The maximum Gasteiger partial charge on any atom is 0.310 e. The highest BCUT2D eigenvalue weighted by molar-refractivity contribution is 6.32. The summed E-state index contributed by atoms with van der Waals surface area (Å²) in [4.78, 5) is 14.0. The van der Waals surface area contributed by atoms with E-state index < -0.39 is 0 Å². The van der Waals surface area contributed by atoms with E-state index in [1.165, 1.54) is 7.11 Å². The molecule has 2 atom stereocenters. The van der Waals surface area contributed by atoms with E-state index in [4.69, 9.17) is 21.1 Å². The van der Waals surface area contributed by atoms with Crippen LogP contribution in [0.4, 0.5) is 0 Å². The molecule has 0 saturated carbocycles. The van der Waals surface area contributed by atoms with E-state index in [2.05, 4.69) is 4.90 Å². The first-order valence-corrected chi connectivity index (χ1v) is 6.55. The number of nitrogens with zero attached hydrogens (tertiary/aromatic N) is 1. The standard InChI is InChI=1S/C14H18ClNO3/c1-16-7-10(11(8-16)14(17)19-3)9-5-4-6-12(18-2)13(9)15/h4-6,10-11H,7-8H2,1-3H3. The largest absolute Gasteiger partial charge is 0.495 e. The molecule has 0 spiro atoms. The van der Waals surface area contributed by atoms with E-state index in [0.717, 1.165) is 12.1 Å². The summed E-state index contributed by atoms with van der Waals surface area (Å²) < 4.78 is 10.1. The van der Waals surface area contributed by atoms with Crippen molar-refractivity contribution in [1.82, 2.24) is 4.90 Å². The van der Waals surface area contributed by atoms with Gasteiger partial charge in [0.05, 0.1) is 25.2 Å². The second-order valence-electron chi connectivity index (χ2n) is 4.82. The molecule has 0 aromatic heterocycles. The van der Waals surface area contributed by atoms with Crippen LogP contribution < -0.4 is 4.74 Å². The van der Waals surface area contributed by atoms with E-state index in [1.807, 2.05) is 25.2 Å². The lowest BCUT2D eigenvalue weighted by Crippen LogP contribution is -2.23. The summed E-state index contributed by atoms with van der Waals surface area (Å²) in [6.45, 7) is 1.47. The quantitative estimate of drug-likeness (QED) is 0.797.